The molecule has 5 heteroatoms. The molecule has 2 rings (SSSR count). The highest BCUT2D eigenvalue weighted by atomic mass is 19.4. The molecule has 1 aromatic carbocycles. The molecule has 1 aliphatic rings. The van der Waals surface area contributed by atoms with Gasteiger partial charge in [-0.3, -0.25) is 0 Å². The Bertz CT molecular complexity index is 412. The number of benzene rings is 1. The summed E-state index contributed by atoms with van der Waals surface area (Å²) in [4.78, 5) is 2.41. The monoisotopic (exact) mass is 286 g/mol. The Kier molecular flexibility index (Phi) is 5.43. The lowest BCUT2D eigenvalue weighted by Gasteiger charge is -2.26. The minimum atomic E-state index is -4.26. The first-order valence-electron chi connectivity index (χ1n) is 7.15. The molecule has 1 saturated heterocycles. The normalized spacial score (nSPS) is 17.4. The molecule has 0 aromatic heterocycles. The van der Waals surface area contributed by atoms with Crippen molar-refractivity contribution in [3.63, 3.8) is 0 Å². The predicted molar refractivity (Wildman–Crippen MR) is 73.4 cm³/mol. The number of rotatable bonds is 5. The summed E-state index contributed by atoms with van der Waals surface area (Å²) < 4.78 is 37.7. The van der Waals surface area contributed by atoms with Crippen molar-refractivity contribution < 1.29 is 13.2 Å². The lowest BCUT2D eigenvalue weighted by Crippen LogP contribution is -2.35. The number of halogens is 3. The molecule has 1 N–H and O–H groups in total. The van der Waals surface area contributed by atoms with Gasteiger partial charge in [-0.25, -0.2) is 0 Å². The van der Waals surface area contributed by atoms with E-state index in [1.807, 2.05) is 0 Å². The molecule has 1 fully saturated rings. The second-order valence-electron chi connectivity index (χ2n) is 5.28. The number of likely N-dealkylation sites (tertiary alicyclic amines) is 1. The maximum Gasteiger partial charge on any atom is 0.416 e. The molecule has 1 aliphatic heterocycles. The van der Waals surface area contributed by atoms with E-state index in [1.54, 1.807) is 6.07 Å². The lowest BCUT2D eigenvalue weighted by atomic mass is 10.1. The van der Waals surface area contributed by atoms with Gasteiger partial charge in [0, 0.05) is 19.6 Å². The first kappa shape index (κ1) is 15.3. The second kappa shape index (κ2) is 7.09. The van der Waals surface area contributed by atoms with Crippen LogP contribution in [-0.4, -0.2) is 31.1 Å². The van der Waals surface area contributed by atoms with E-state index in [1.165, 1.54) is 31.4 Å². The average Bonchev–Trinajstić information content (AvgIpc) is 2.44. The van der Waals surface area contributed by atoms with Crippen molar-refractivity contribution in [2.75, 3.05) is 26.2 Å². The smallest absolute Gasteiger partial charge is 0.311 e. The van der Waals surface area contributed by atoms with Crippen molar-refractivity contribution in [3.05, 3.63) is 35.4 Å². The fraction of sp³-hybridized carbons (Fsp3) is 0.600. The van der Waals surface area contributed by atoms with Crippen LogP contribution in [0.2, 0.25) is 0 Å². The van der Waals surface area contributed by atoms with Gasteiger partial charge < -0.3 is 10.2 Å². The number of alkyl halides is 3. The summed E-state index contributed by atoms with van der Waals surface area (Å²) in [6, 6.07) is 5.51. The highest BCUT2D eigenvalue weighted by Gasteiger charge is 2.30. The topological polar surface area (TPSA) is 15.3 Å². The largest absolute Gasteiger partial charge is 0.416 e. The van der Waals surface area contributed by atoms with E-state index in [2.05, 4.69) is 10.2 Å². The minimum Gasteiger partial charge on any atom is -0.311 e. The highest BCUT2D eigenvalue weighted by Crippen LogP contribution is 2.29. The maximum atomic E-state index is 12.6. The van der Waals surface area contributed by atoms with Gasteiger partial charge in [-0.15, -0.1) is 0 Å². The summed E-state index contributed by atoms with van der Waals surface area (Å²) >= 11 is 0. The summed E-state index contributed by atoms with van der Waals surface area (Å²) in [6.07, 6.45) is -0.431. The third-order valence-corrected chi connectivity index (χ3v) is 3.64. The van der Waals surface area contributed by atoms with Crippen molar-refractivity contribution in [2.24, 2.45) is 0 Å². The second-order valence-corrected chi connectivity index (χ2v) is 5.28. The summed E-state index contributed by atoms with van der Waals surface area (Å²) in [7, 11) is 0. The highest BCUT2D eigenvalue weighted by molar-refractivity contribution is 5.25. The van der Waals surface area contributed by atoms with Crippen LogP contribution < -0.4 is 5.32 Å². The van der Waals surface area contributed by atoms with Gasteiger partial charge in [0.1, 0.15) is 0 Å². The Morgan fingerprint density at radius 2 is 1.85 bits per heavy atom. The summed E-state index contributed by atoms with van der Waals surface area (Å²) in [5, 5.41) is 3.22. The first-order valence-corrected chi connectivity index (χ1v) is 7.15. The predicted octanol–water partition coefficient (Wildman–Crippen LogP) is 3.28. The Balaban J connectivity index is 1.73. The number of hydrogen-bond acceptors (Lipinski definition) is 2. The molecule has 1 heterocycles. The number of hydrogen-bond donors (Lipinski definition) is 1. The molecule has 112 valence electrons. The standard InChI is InChI=1S/C15H21F3N2/c16-15(17,18)14-6-4-5-13(11-14)12-19-7-10-20-8-2-1-3-9-20/h4-6,11,19H,1-3,7-10,12H2. The van der Waals surface area contributed by atoms with Crippen LogP contribution in [0.1, 0.15) is 30.4 Å². The SMILES string of the molecule is FC(F)(F)c1cccc(CNCCN2CCCCC2)c1. The van der Waals surface area contributed by atoms with E-state index in [4.69, 9.17) is 0 Å². The van der Waals surface area contributed by atoms with Crippen LogP contribution in [0.4, 0.5) is 13.2 Å². The van der Waals surface area contributed by atoms with Gasteiger partial charge >= 0.3 is 6.18 Å². The van der Waals surface area contributed by atoms with Crippen LogP contribution in [0, 0.1) is 0 Å². The van der Waals surface area contributed by atoms with Gasteiger partial charge in [0.25, 0.3) is 0 Å². The van der Waals surface area contributed by atoms with Gasteiger partial charge in [0.15, 0.2) is 0 Å². The summed E-state index contributed by atoms with van der Waals surface area (Å²) in [5.74, 6) is 0. The van der Waals surface area contributed by atoms with Gasteiger partial charge in [0.05, 0.1) is 5.56 Å². The van der Waals surface area contributed by atoms with E-state index in [0.29, 0.717) is 12.1 Å². The zero-order valence-corrected chi connectivity index (χ0v) is 11.5. The molecule has 0 saturated carbocycles. The van der Waals surface area contributed by atoms with Crippen LogP contribution >= 0.6 is 0 Å². The number of piperidine rings is 1. The average molecular weight is 286 g/mol. The lowest BCUT2D eigenvalue weighted by molar-refractivity contribution is -0.137. The third-order valence-electron chi connectivity index (χ3n) is 3.64. The van der Waals surface area contributed by atoms with Crippen LogP contribution in [0.3, 0.4) is 0 Å². The van der Waals surface area contributed by atoms with Gasteiger partial charge in [-0.05, 0) is 37.6 Å². The molecular formula is C15H21F3N2. The van der Waals surface area contributed by atoms with Crippen molar-refractivity contribution in [2.45, 2.75) is 32.0 Å². The van der Waals surface area contributed by atoms with Crippen LogP contribution in [0.5, 0.6) is 0 Å². The fourth-order valence-corrected chi connectivity index (χ4v) is 2.51. The zero-order chi connectivity index (χ0) is 14.4. The molecule has 2 nitrogen and oxygen atoms in total. The van der Waals surface area contributed by atoms with E-state index in [9.17, 15) is 13.2 Å². The Labute approximate surface area is 118 Å². The zero-order valence-electron chi connectivity index (χ0n) is 11.5. The Morgan fingerprint density at radius 1 is 1.10 bits per heavy atom. The molecular weight excluding hydrogens is 265 g/mol. The molecule has 20 heavy (non-hydrogen) atoms. The van der Waals surface area contributed by atoms with Gasteiger partial charge in [0.2, 0.25) is 0 Å². The minimum absolute atomic E-state index is 0.484. The van der Waals surface area contributed by atoms with E-state index < -0.39 is 11.7 Å². The molecule has 0 atom stereocenters. The van der Waals surface area contributed by atoms with E-state index in [-0.39, 0.29) is 0 Å². The first-order chi connectivity index (χ1) is 9.55. The Morgan fingerprint density at radius 3 is 2.55 bits per heavy atom. The van der Waals surface area contributed by atoms with E-state index in [0.717, 1.165) is 32.2 Å². The Hall–Kier alpha value is -1.07. The molecule has 1 aromatic rings. The molecule has 0 amide bonds. The fourth-order valence-electron chi connectivity index (χ4n) is 2.51. The van der Waals surface area contributed by atoms with Crippen molar-refractivity contribution in [3.8, 4) is 0 Å². The van der Waals surface area contributed by atoms with Crippen molar-refractivity contribution in [1.29, 1.82) is 0 Å². The van der Waals surface area contributed by atoms with Crippen LogP contribution in [0.25, 0.3) is 0 Å². The van der Waals surface area contributed by atoms with Crippen LogP contribution in [-0.2, 0) is 12.7 Å². The molecule has 0 unspecified atom stereocenters. The maximum absolute atomic E-state index is 12.6. The quantitative estimate of drug-likeness (QED) is 0.836. The molecule has 0 aliphatic carbocycles. The van der Waals surface area contributed by atoms with E-state index >= 15 is 0 Å². The van der Waals surface area contributed by atoms with Gasteiger partial charge in [-0.1, -0.05) is 24.6 Å². The van der Waals surface area contributed by atoms with Crippen molar-refractivity contribution >= 4 is 0 Å². The molecule has 0 spiro atoms. The molecule has 0 radical (unpaired) electrons. The summed E-state index contributed by atoms with van der Waals surface area (Å²) in [5.41, 5.74) is 0.103. The number of nitrogens with one attached hydrogen (secondary N) is 1. The summed E-state index contributed by atoms with van der Waals surface area (Å²) in [6.45, 7) is 4.56. The number of nitrogens with zero attached hydrogens (tertiary/aromatic N) is 1. The van der Waals surface area contributed by atoms with Crippen LogP contribution in [0.15, 0.2) is 24.3 Å². The molecule has 0 bridgehead atoms. The van der Waals surface area contributed by atoms with Crippen molar-refractivity contribution in [1.82, 2.24) is 10.2 Å². The van der Waals surface area contributed by atoms with Gasteiger partial charge in [-0.2, -0.15) is 13.2 Å². The third kappa shape index (κ3) is 4.80.